The standard InChI is InChI=1S/C23H35Cl3N6O6/c1-14(2)17(29-21(36)38-22(3,4)5)18(33)28-16(12-31-10-7-9-27-31)19(34)32-11-6-8-15(30-32)20(35)37-13-23(24,25)26/h7,9-10,14-17,30H,6,8,11-13H2,1-5H3,(H,28,33)(H,29,36)/t15-,16?,17?/m0/s1. The van der Waals surface area contributed by atoms with Crippen LogP contribution in [0.2, 0.25) is 0 Å². The number of alkyl halides is 3. The van der Waals surface area contributed by atoms with E-state index in [-0.39, 0.29) is 19.0 Å². The summed E-state index contributed by atoms with van der Waals surface area (Å²) in [7, 11) is 0. The molecule has 1 aromatic heterocycles. The van der Waals surface area contributed by atoms with E-state index in [2.05, 4.69) is 21.2 Å². The maximum absolute atomic E-state index is 13.5. The SMILES string of the molecule is CC(C)C(NC(=O)OC(C)(C)C)C(=O)NC(Cn1cccn1)C(=O)N1CCC[C@@H](C(=O)OCC(Cl)(Cl)Cl)N1. The molecule has 15 heteroatoms. The van der Waals surface area contributed by atoms with Gasteiger partial charge in [0, 0.05) is 18.9 Å². The van der Waals surface area contributed by atoms with Gasteiger partial charge >= 0.3 is 12.1 Å². The summed E-state index contributed by atoms with van der Waals surface area (Å²) in [5.74, 6) is -2.07. The molecule has 1 aromatic rings. The lowest BCUT2D eigenvalue weighted by Crippen LogP contribution is -2.62. The van der Waals surface area contributed by atoms with Gasteiger partial charge in [-0.1, -0.05) is 48.7 Å². The van der Waals surface area contributed by atoms with Crippen LogP contribution in [-0.2, 0) is 30.4 Å². The average Bonchev–Trinajstić information content (AvgIpc) is 3.31. The molecular weight excluding hydrogens is 563 g/mol. The normalized spacial score (nSPS) is 17.9. The number of rotatable bonds is 9. The number of halogens is 3. The molecule has 2 heterocycles. The van der Waals surface area contributed by atoms with E-state index < -0.39 is 58.0 Å². The fourth-order valence-electron chi connectivity index (χ4n) is 3.57. The van der Waals surface area contributed by atoms with Crippen molar-refractivity contribution in [3.63, 3.8) is 0 Å². The van der Waals surface area contributed by atoms with Gasteiger partial charge in [-0.15, -0.1) is 0 Å². The minimum absolute atomic E-state index is 0.00931. The lowest BCUT2D eigenvalue weighted by atomic mass is 10.0. The zero-order chi connectivity index (χ0) is 28.7. The number of amides is 3. The summed E-state index contributed by atoms with van der Waals surface area (Å²) in [6, 6.07) is -1.22. The summed E-state index contributed by atoms with van der Waals surface area (Å²) < 4.78 is 10.0. The van der Waals surface area contributed by atoms with Crippen LogP contribution in [0.5, 0.6) is 0 Å². The highest BCUT2D eigenvalue weighted by Gasteiger charge is 2.36. The van der Waals surface area contributed by atoms with Crippen molar-refractivity contribution >= 4 is 58.7 Å². The van der Waals surface area contributed by atoms with E-state index in [1.807, 2.05) is 0 Å². The van der Waals surface area contributed by atoms with E-state index in [1.165, 1.54) is 9.69 Å². The van der Waals surface area contributed by atoms with Crippen molar-refractivity contribution in [2.45, 2.75) is 81.5 Å². The summed E-state index contributed by atoms with van der Waals surface area (Å²) in [5.41, 5.74) is 2.09. The second kappa shape index (κ2) is 13.7. The molecule has 0 saturated carbocycles. The molecule has 1 aliphatic rings. The first kappa shape index (κ1) is 31.9. The predicted molar refractivity (Wildman–Crippen MR) is 141 cm³/mol. The zero-order valence-electron chi connectivity index (χ0n) is 22.0. The van der Waals surface area contributed by atoms with Crippen LogP contribution in [-0.4, -0.2) is 79.3 Å². The van der Waals surface area contributed by atoms with E-state index in [1.54, 1.807) is 53.1 Å². The predicted octanol–water partition coefficient (Wildman–Crippen LogP) is 2.33. The van der Waals surface area contributed by atoms with Crippen LogP contribution in [0.4, 0.5) is 4.79 Å². The van der Waals surface area contributed by atoms with Crippen LogP contribution in [0, 0.1) is 5.92 Å². The maximum atomic E-state index is 13.5. The highest BCUT2D eigenvalue weighted by Crippen LogP contribution is 2.26. The number of hydrogen-bond donors (Lipinski definition) is 3. The monoisotopic (exact) mass is 596 g/mol. The Balaban J connectivity index is 2.15. The topological polar surface area (TPSA) is 144 Å². The second-order valence-electron chi connectivity index (χ2n) is 10.2. The Bertz CT molecular complexity index is 964. The Hall–Kier alpha value is -2.28. The Kier molecular flexibility index (Phi) is 11.5. The number of hydrogen-bond acceptors (Lipinski definition) is 8. The van der Waals surface area contributed by atoms with Crippen molar-refractivity contribution in [2.75, 3.05) is 13.2 Å². The third-order valence-electron chi connectivity index (χ3n) is 5.28. The van der Waals surface area contributed by atoms with Crippen molar-refractivity contribution in [3.05, 3.63) is 18.5 Å². The average molecular weight is 598 g/mol. The summed E-state index contributed by atoms with van der Waals surface area (Å²) in [5, 5.41) is 10.7. The van der Waals surface area contributed by atoms with E-state index >= 15 is 0 Å². The van der Waals surface area contributed by atoms with Crippen LogP contribution >= 0.6 is 34.8 Å². The summed E-state index contributed by atoms with van der Waals surface area (Å²) in [6.45, 7) is 8.49. The minimum atomic E-state index is -1.76. The van der Waals surface area contributed by atoms with Gasteiger partial charge in [0.2, 0.25) is 9.70 Å². The molecule has 1 saturated heterocycles. The number of ether oxygens (including phenoxy) is 2. The van der Waals surface area contributed by atoms with Crippen LogP contribution in [0.15, 0.2) is 18.5 Å². The first-order valence-corrected chi connectivity index (χ1v) is 13.3. The molecular formula is C23H35Cl3N6O6. The van der Waals surface area contributed by atoms with Crippen molar-refractivity contribution < 1.29 is 28.7 Å². The van der Waals surface area contributed by atoms with Crippen molar-refractivity contribution in [1.29, 1.82) is 0 Å². The zero-order valence-corrected chi connectivity index (χ0v) is 24.3. The van der Waals surface area contributed by atoms with Crippen molar-refractivity contribution in [1.82, 2.24) is 30.8 Å². The number of carbonyl (C=O) groups is 4. The molecule has 3 atom stereocenters. The molecule has 3 amide bonds. The number of alkyl carbamates (subject to hydrolysis) is 1. The van der Waals surface area contributed by atoms with Gasteiger partial charge in [-0.05, 0) is 45.6 Å². The lowest BCUT2D eigenvalue weighted by Gasteiger charge is -2.35. The lowest BCUT2D eigenvalue weighted by molar-refractivity contribution is -0.153. The number of carbonyl (C=O) groups excluding carboxylic acids is 4. The minimum Gasteiger partial charge on any atom is -0.460 e. The fourth-order valence-corrected chi connectivity index (χ4v) is 3.73. The summed E-state index contributed by atoms with van der Waals surface area (Å²) in [4.78, 5) is 51.6. The van der Waals surface area contributed by atoms with Crippen molar-refractivity contribution in [2.24, 2.45) is 5.92 Å². The van der Waals surface area contributed by atoms with E-state index in [0.717, 1.165) is 0 Å². The van der Waals surface area contributed by atoms with Gasteiger partial charge in [-0.2, -0.15) is 5.10 Å². The van der Waals surface area contributed by atoms with Gasteiger partial charge in [0.1, 0.15) is 30.3 Å². The molecule has 38 heavy (non-hydrogen) atoms. The quantitative estimate of drug-likeness (QED) is 0.291. The number of aromatic nitrogens is 2. The number of nitrogens with zero attached hydrogens (tertiary/aromatic N) is 3. The van der Waals surface area contributed by atoms with Gasteiger partial charge in [0.05, 0.1) is 6.54 Å². The number of esters is 1. The van der Waals surface area contributed by atoms with Crippen LogP contribution in [0.25, 0.3) is 0 Å². The van der Waals surface area contributed by atoms with Gasteiger partial charge < -0.3 is 20.1 Å². The Morgan fingerprint density at radius 3 is 2.39 bits per heavy atom. The third kappa shape index (κ3) is 10.8. The largest absolute Gasteiger partial charge is 0.460 e. The second-order valence-corrected chi connectivity index (χ2v) is 12.7. The molecule has 0 aromatic carbocycles. The molecule has 2 rings (SSSR count). The highest BCUT2D eigenvalue weighted by molar-refractivity contribution is 6.67. The Morgan fingerprint density at radius 1 is 1.16 bits per heavy atom. The third-order valence-corrected chi connectivity index (χ3v) is 5.61. The van der Waals surface area contributed by atoms with Crippen LogP contribution in [0.3, 0.4) is 0 Å². The number of nitrogens with one attached hydrogen (secondary N) is 3. The molecule has 3 N–H and O–H groups in total. The first-order chi connectivity index (χ1) is 17.6. The molecule has 0 aliphatic carbocycles. The smallest absolute Gasteiger partial charge is 0.408 e. The molecule has 2 unspecified atom stereocenters. The van der Waals surface area contributed by atoms with Gasteiger partial charge in [0.25, 0.3) is 5.91 Å². The molecule has 214 valence electrons. The Labute approximate surface area is 236 Å². The fraction of sp³-hybridized carbons (Fsp3) is 0.696. The Morgan fingerprint density at radius 2 is 1.84 bits per heavy atom. The van der Waals surface area contributed by atoms with E-state index in [4.69, 9.17) is 44.3 Å². The molecule has 0 spiro atoms. The van der Waals surface area contributed by atoms with E-state index in [0.29, 0.717) is 12.8 Å². The molecule has 0 radical (unpaired) electrons. The van der Waals surface area contributed by atoms with Gasteiger partial charge in [-0.25, -0.2) is 10.2 Å². The number of hydrazine groups is 1. The molecule has 1 fully saturated rings. The first-order valence-electron chi connectivity index (χ1n) is 12.1. The van der Waals surface area contributed by atoms with Crippen LogP contribution in [0.1, 0.15) is 47.5 Å². The maximum Gasteiger partial charge on any atom is 0.408 e. The molecule has 1 aliphatic heterocycles. The molecule has 0 bridgehead atoms. The van der Waals surface area contributed by atoms with Crippen LogP contribution < -0.4 is 16.1 Å². The highest BCUT2D eigenvalue weighted by atomic mass is 35.6. The summed E-state index contributed by atoms with van der Waals surface area (Å²) >= 11 is 16.9. The van der Waals surface area contributed by atoms with E-state index in [9.17, 15) is 19.2 Å². The molecule has 12 nitrogen and oxygen atoms in total. The van der Waals surface area contributed by atoms with Crippen molar-refractivity contribution in [3.8, 4) is 0 Å². The summed E-state index contributed by atoms with van der Waals surface area (Å²) in [6.07, 6.45) is 3.32. The van der Waals surface area contributed by atoms with Gasteiger partial charge in [0.15, 0.2) is 0 Å². The van der Waals surface area contributed by atoms with Gasteiger partial charge in [-0.3, -0.25) is 24.1 Å².